The van der Waals surface area contributed by atoms with Crippen molar-refractivity contribution in [3.8, 4) is 0 Å². The zero-order chi connectivity index (χ0) is 35.0. The zero-order valence-electron chi connectivity index (χ0n) is 25.6. The van der Waals surface area contributed by atoms with Gasteiger partial charge in [0.15, 0.2) is 0 Å². The van der Waals surface area contributed by atoms with Crippen LogP contribution in [0, 0.1) is 0 Å². The summed E-state index contributed by atoms with van der Waals surface area (Å²) < 4.78 is 135. The number of halogens is 9. The molecule has 17 heteroatoms. The van der Waals surface area contributed by atoms with Crippen LogP contribution >= 0.6 is 0 Å². The Labute approximate surface area is 269 Å². The number of nitrogens with zero attached hydrogens (tertiary/aromatic N) is 5. The number of carbonyl (C=O) groups excluding carboxylic acids is 1. The molecule has 0 aliphatic carbocycles. The van der Waals surface area contributed by atoms with E-state index < -0.39 is 65.5 Å². The fourth-order valence-electron chi connectivity index (χ4n) is 5.97. The number of rotatable bonds is 6. The Hall–Kier alpha value is -4.28. The van der Waals surface area contributed by atoms with Crippen molar-refractivity contribution >= 4 is 23.4 Å². The molecular formula is C31H30F9N5O3. The minimum absolute atomic E-state index is 0.00562. The molecule has 1 amide bonds. The van der Waals surface area contributed by atoms with Gasteiger partial charge < -0.3 is 19.3 Å². The maximum atomic E-state index is 14.0. The first-order chi connectivity index (χ1) is 22.5. The van der Waals surface area contributed by atoms with Crippen molar-refractivity contribution in [1.29, 1.82) is 0 Å². The summed E-state index contributed by atoms with van der Waals surface area (Å²) in [5.74, 6) is -0.160. The van der Waals surface area contributed by atoms with Gasteiger partial charge in [0.25, 0.3) is 0 Å². The third-order valence-corrected chi connectivity index (χ3v) is 8.31. The van der Waals surface area contributed by atoms with Gasteiger partial charge in [0.1, 0.15) is 0 Å². The maximum absolute atomic E-state index is 14.0. The lowest BCUT2D eigenvalue weighted by Crippen LogP contribution is -2.48. The van der Waals surface area contributed by atoms with Gasteiger partial charge >= 0.3 is 24.6 Å². The molecule has 2 aliphatic heterocycles. The van der Waals surface area contributed by atoms with Crippen molar-refractivity contribution < 1.29 is 53.8 Å². The number of morpholine rings is 1. The van der Waals surface area contributed by atoms with Gasteiger partial charge in [-0.15, -0.1) is 0 Å². The highest BCUT2D eigenvalue weighted by atomic mass is 19.4. The van der Waals surface area contributed by atoms with Crippen LogP contribution in [0.2, 0.25) is 0 Å². The van der Waals surface area contributed by atoms with E-state index in [1.54, 1.807) is 6.92 Å². The number of fused-ring (bicyclic) bond motifs is 1. The Kier molecular flexibility index (Phi) is 9.72. The van der Waals surface area contributed by atoms with E-state index in [9.17, 15) is 44.3 Å². The highest BCUT2D eigenvalue weighted by Gasteiger charge is 2.42. The molecule has 2 aromatic carbocycles. The van der Waals surface area contributed by atoms with E-state index in [1.807, 2.05) is 4.90 Å². The molecule has 0 saturated carbocycles. The Morgan fingerprint density at radius 3 is 2.00 bits per heavy atom. The second-order valence-corrected chi connectivity index (χ2v) is 11.3. The minimum atomic E-state index is -5.13. The number of benzene rings is 2. The largest absolute Gasteiger partial charge is 0.452 e. The second-order valence-electron chi connectivity index (χ2n) is 11.3. The molecule has 1 saturated heterocycles. The highest BCUT2D eigenvalue weighted by molar-refractivity contribution is 5.90. The van der Waals surface area contributed by atoms with Crippen LogP contribution in [-0.2, 0) is 34.5 Å². The Morgan fingerprint density at radius 1 is 0.896 bits per heavy atom. The predicted molar refractivity (Wildman–Crippen MR) is 155 cm³/mol. The van der Waals surface area contributed by atoms with Gasteiger partial charge in [-0.2, -0.15) is 39.5 Å². The van der Waals surface area contributed by atoms with E-state index in [1.165, 1.54) is 22.2 Å². The molecule has 1 fully saturated rings. The number of hydrogen-bond donors (Lipinski definition) is 0. The molecule has 0 N–H and O–H groups in total. The normalized spacial score (nSPS) is 18.8. The highest BCUT2D eigenvalue weighted by Crippen LogP contribution is 2.46. The molecule has 0 bridgehead atoms. The van der Waals surface area contributed by atoms with E-state index in [-0.39, 0.29) is 36.1 Å². The molecule has 3 aromatic rings. The van der Waals surface area contributed by atoms with E-state index >= 15 is 0 Å². The number of carbonyl (C=O) groups is 1. The molecule has 48 heavy (non-hydrogen) atoms. The standard InChI is InChI=1S/C31H30F9N5O3/c1-3-22-14-26(24-13-19(29(32,33)34)4-5-25(24)45(22)28(46)47-2)44(27-41-15-23(16-42-27)43-6-8-48-9-7-43)17-18-10-20(30(35,36)37)12-21(11-18)31(38,39)40/h4-5,10-13,15-16,22,26H,3,6-9,14,17H2,1-2H3. The van der Waals surface area contributed by atoms with Crippen LogP contribution in [0.1, 0.15) is 53.6 Å². The third-order valence-electron chi connectivity index (χ3n) is 8.31. The molecule has 2 atom stereocenters. The van der Waals surface area contributed by atoms with Crippen molar-refractivity contribution in [1.82, 2.24) is 9.97 Å². The predicted octanol–water partition coefficient (Wildman–Crippen LogP) is 7.87. The minimum Gasteiger partial charge on any atom is -0.452 e. The number of ether oxygens (including phenoxy) is 2. The first kappa shape index (κ1) is 35.0. The molecule has 3 heterocycles. The number of hydrogen-bond acceptors (Lipinski definition) is 7. The van der Waals surface area contributed by atoms with Gasteiger partial charge in [-0.05, 0) is 60.4 Å². The second kappa shape index (κ2) is 13.3. The maximum Gasteiger partial charge on any atom is 0.416 e. The summed E-state index contributed by atoms with van der Waals surface area (Å²) in [6.45, 7) is 2.94. The van der Waals surface area contributed by atoms with Crippen LogP contribution in [0.4, 0.5) is 61.6 Å². The smallest absolute Gasteiger partial charge is 0.416 e. The summed E-state index contributed by atoms with van der Waals surface area (Å²) in [7, 11) is 1.10. The molecule has 2 unspecified atom stereocenters. The Bertz CT molecular complexity index is 1570. The lowest BCUT2D eigenvalue weighted by molar-refractivity contribution is -0.143. The summed E-state index contributed by atoms with van der Waals surface area (Å²) in [5, 5.41) is 0. The van der Waals surface area contributed by atoms with Crippen molar-refractivity contribution in [2.75, 3.05) is 48.1 Å². The first-order valence-corrected chi connectivity index (χ1v) is 14.8. The quantitative estimate of drug-likeness (QED) is 0.244. The molecule has 8 nitrogen and oxygen atoms in total. The summed E-state index contributed by atoms with van der Waals surface area (Å²) in [4.78, 5) is 26.0. The molecule has 5 rings (SSSR count). The van der Waals surface area contributed by atoms with E-state index in [2.05, 4.69) is 9.97 Å². The Morgan fingerprint density at radius 2 is 1.48 bits per heavy atom. The lowest BCUT2D eigenvalue weighted by Gasteiger charge is -2.44. The lowest BCUT2D eigenvalue weighted by atomic mass is 9.87. The van der Waals surface area contributed by atoms with Crippen LogP contribution in [0.25, 0.3) is 0 Å². The molecule has 2 aliphatic rings. The van der Waals surface area contributed by atoms with Crippen LogP contribution < -0.4 is 14.7 Å². The number of anilines is 3. The number of aromatic nitrogens is 2. The first-order valence-electron chi connectivity index (χ1n) is 14.8. The van der Waals surface area contributed by atoms with Crippen molar-refractivity contribution in [2.24, 2.45) is 0 Å². The van der Waals surface area contributed by atoms with Crippen LogP contribution in [0.15, 0.2) is 48.8 Å². The van der Waals surface area contributed by atoms with E-state index in [4.69, 9.17) is 9.47 Å². The van der Waals surface area contributed by atoms with Crippen LogP contribution in [0.5, 0.6) is 0 Å². The van der Waals surface area contributed by atoms with Crippen molar-refractivity contribution in [2.45, 2.75) is 56.9 Å². The number of methoxy groups -OCH3 is 1. The van der Waals surface area contributed by atoms with E-state index in [0.29, 0.717) is 44.1 Å². The van der Waals surface area contributed by atoms with Gasteiger partial charge in [-0.1, -0.05) is 6.92 Å². The fourth-order valence-corrected chi connectivity index (χ4v) is 5.97. The molecule has 1 aromatic heterocycles. The van der Waals surface area contributed by atoms with Crippen LogP contribution in [0.3, 0.4) is 0 Å². The van der Waals surface area contributed by atoms with Gasteiger partial charge in [-0.25, -0.2) is 14.8 Å². The van der Waals surface area contributed by atoms with Crippen molar-refractivity contribution in [3.05, 3.63) is 76.6 Å². The van der Waals surface area contributed by atoms with E-state index in [0.717, 1.165) is 25.3 Å². The summed E-state index contributed by atoms with van der Waals surface area (Å²) in [5.41, 5.74) is -4.09. The molecule has 260 valence electrons. The average Bonchev–Trinajstić information content (AvgIpc) is 3.05. The van der Waals surface area contributed by atoms with Gasteiger partial charge in [0, 0.05) is 25.7 Å². The summed E-state index contributed by atoms with van der Waals surface area (Å²) >= 11 is 0. The fraction of sp³-hybridized carbons (Fsp3) is 0.452. The molecule has 0 spiro atoms. The topological polar surface area (TPSA) is 71.0 Å². The summed E-state index contributed by atoms with van der Waals surface area (Å²) in [6.07, 6.45) is -12.9. The number of amides is 1. The monoisotopic (exact) mass is 691 g/mol. The Balaban J connectivity index is 1.69. The third kappa shape index (κ3) is 7.39. The SMILES string of the molecule is CCC1CC(N(Cc2cc(C(F)(F)F)cc(C(F)(F)F)c2)c2ncc(N3CCOCC3)cn2)c2cc(C(F)(F)F)ccc2N1C(=O)OC. The summed E-state index contributed by atoms with van der Waals surface area (Å²) in [6, 6.07) is 1.97. The zero-order valence-corrected chi connectivity index (χ0v) is 25.6. The van der Waals surface area contributed by atoms with Crippen LogP contribution in [-0.4, -0.2) is 55.5 Å². The van der Waals surface area contributed by atoms with Gasteiger partial charge in [-0.3, -0.25) is 4.90 Å². The van der Waals surface area contributed by atoms with Gasteiger partial charge in [0.05, 0.1) is 66.8 Å². The van der Waals surface area contributed by atoms with Crippen molar-refractivity contribution in [3.63, 3.8) is 0 Å². The number of alkyl halides is 9. The van der Waals surface area contributed by atoms with Gasteiger partial charge in [0.2, 0.25) is 5.95 Å². The molecule has 0 radical (unpaired) electrons. The average molecular weight is 692 g/mol. The molecular weight excluding hydrogens is 661 g/mol.